The molecule has 4 nitrogen and oxygen atoms in total. The molecular weight excluding hydrogens is 306 g/mol. The van der Waals surface area contributed by atoms with E-state index in [1.807, 2.05) is 25.6 Å². The largest absolute Gasteiger partial charge is 0.393 e. The molecular formula is C14H24BrN3O. The molecule has 19 heavy (non-hydrogen) atoms. The zero-order valence-electron chi connectivity index (χ0n) is 12.1. The Kier molecular flexibility index (Phi) is 5.03. The van der Waals surface area contributed by atoms with E-state index in [1.54, 1.807) is 0 Å². The van der Waals surface area contributed by atoms with Gasteiger partial charge in [-0.1, -0.05) is 6.42 Å². The van der Waals surface area contributed by atoms with Crippen LogP contribution in [0.25, 0.3) is 0 Å². The Bertz CT molecular complexity index is 431. The van der Waals surface area contributed by atoms with Gasteiger partial charge in [0.25, 0.3) is 0 Å². The monoisotopic (exact) mass is 329 g/mol. The maximum absolute atomic E-state index is 9.65. The number of halogens is 1. The highest BCUT2D eigenvalue weighted by Crippen LogP contribution is 2.27. The third-order valence-corrected chi connectivity index (χ3v) is 5.01. The number of aromatic nitrogens is 2. The third-order valence-electron chi connectivity index (χ3n) is 3.98. The second-order valence-corrected chi connectivity index (χ2v) is 6.47. The van der Waals surface area contributed by atoms with Crippen LogP contribution >= 0.6 is 15.9 Å². The first-order valence-electron chi connectivity index (χ1n) is 7.09. The van der Waals surface area contributed by atoms with Crippen LogP contribution in [0.2, 0.25) is 0 Å². The fraction of sp³-hybridized carbons (Fsp3) is 0.786. The highest BCUT2D eigenvalue weighted by Gasteiger charge is 2.25. The molecule has 0 spiro atoms. The molecule has 0 radical (unpaired) electrons. The lowest BCUT2D eigenvalue weighted by Crippen LogP contribution is -2.41. The molecule has 2 heterocycles. The predicted octanol–water partition coefficient (Wildman–Crippen LogP) is 2.62. The van der Waals surface area contributed by atoms with Gasteiger partial charge in [0.05, 0.1) is 22.0 Å². The molecule has 5 heteroatoms. The molecule has 2 unspecified atom stereocenters. The zero-order chi connectivity index (χ0) is 14.0. The summed E-state index contributed by atoms with van der Waals surface area (Å²) >= 11 is 3.64. The van der Waals surface area contributed by atoms with Gasteiger partial charge in [-0.15, -0.1) is 0 Å². The summed E-state index contributed by atoms with van der Waals surface area (Å²) in [5.74, 6) is 0. The van der Waals surface area contributed by atoms with Gasteiger partial charge in [-0.3, -0.25) is 9.58 Å². The van der Waals surface area contributed by atoms with Gasteiger partial charge in [-0.25, -0.2) is 0 Å². The number of aryl methyl sites for hydroxylation is 2. The van der Waals surface area contributed by atoms with E-state index in [1.165, 1.54) is 25.0 Å². The molecule has 0 bridgehead atoms. The van der Waals surface area contributed by atoms with Gasteiger partial charge in [0.15, 0.2) is 0 Å². The van der Waals surface area contributed by atoms with Crippen molar-refractivity contribution in [3.63, 3.8) is 0 Å². The normalized spacial score (nSPS) is 22.7. The van der Waals surface area contributed by atoms with E-state index >= 15 is 0 Å². The van der Waals surface area contributed by atoms with Crippen molar-refractivity contribution in [1.29, 1.82) is 0 Å². The van der Waals surface area contributed by atoms with Gasteiger partial charge in [0.2, 0.25) is 0 Å². The first-order valence-corrected chi connectivity index (χ1v) is 7.88. The Morgan fingerprint density at radius 1 is 1.47 bits per heavy atom. The highest BCUT2D eigenvalue weighted by molar-refractivity contribution is 9.10. The first-order chi connectivity index (χ1) is 8.99. The lowest BCUT2D eigenvalue weighted by atomic mass is 9.97. The van der Waals surface area contributed by atoms with Crippen LogP contribution in [0, 0.1) is 6.92 Å². The maximum Gasteiger partial charge on any atom is 0.0739 e. The van der Waals surface area contributed by atoms with Gasteiger partial charge in [0, 0.05) is 19.6 Å². The third kappa shape index (κ3) is 3.58. The van der Waals surface area contributed by atoms with Crippen molar-refractivity contribution in [2.45, 2.75) is 58.2 Å². The molecule has 1 aromatic heterocycles. The number of hydrogen-bond donors (Lipinski definition) is 1. The molecule has 0 aromatic carbocycles. The van der Waals surface area contributed by atoms with E-state index < -0.39 is 0 Å². The van der Waals surface area contributed by atoms with Crippen LogP contribution in [0.3, 0.4) is 0 Å². The summed E-state index contributed by atoms with van der Waals surface area (Å²) in [6, 6.07) is 0.496. The van der Waals surface area contributed by atoms with Gasteiger partial charge < -0.3 is 5.11 Å². The SMILES string of the molecule is Cc1nn(C)c(CN2CCCCC2CC(C)O)c1Br. The van der Waals surface area contributed by atoms with Gasteiger partial charge in [-0.2, -0.15) is 5.10 Å². The van der Waals surface area contributed by atoms with E-state index in [9.17, 15) is 5.11 Å². The zero-order valence-corrected chi connectivity index (χ0v) is 13.7. The summed E-state index contributed by atoms with van der Waals surface area (Å²) in [5.41, 5.74) is 2.27. The molecule has 2 atom stereocenters. The fourth-order valence-electron chi connectivity index (χ4n) is 2.97. The Morgan fingerprint density at radius 2 is 2.21 bits per heavy atom. The van der Waals surface area contributed by atoms with Crippen molar-refractivity contribution in [2.24, 2.45) is 7.05 Å². The number of aliphatic hydroxyl groups excluding tert-OH is 1. The number of aliphatic hydroxyl groups is 1. The first kappa shape index (κ1) is 15.0. The van der Waals surface area contributed by atoms with Crippen molar-refractivity contribution >= 4 is 15.9 Å². The summed E-state index contributed by atoms with van der Waals surface area (Å²) in [6.45, 7) is 5.94. The summed E-state index contributed by atoms with van der Waals surface area (Å²) in [5, 5.41) is 14.1. The van der Waals surface area contributed by atoms with Gasteiger partial charge in [0.1, 0.15) is 0 Å². The molecule has 0 aliphatic carbocycles. The molecule has 108 valence electrons. The number of rotatable bonds is 4. The molecule has 1 saturated heterocycles. The molecule has 1 fully saturated rings. The van der Waals surface area contributed by atoms with Crippen LogP contribution in [0.1, 0.15) is 44.0 Å². The quantitative estimate of drug-likeness (QED) is 0.923. The molecule has 1 aliphatic rings. The van der Waals surface area contributed by atoms with E-state index in [4.69, 9.17) is 0 Å². The average molecular weight is 330 g/mol. The Hall–Kier alpha value is -0.390. The minimum Gasteiger partial charge on any atom is -0.393 e. The van der Waals surface area contributed by atoms with Crippen molar-refractivity contribution in [3.8, 4) is 0 Å². The molecule has 0 saturated carbocycles. The van der Waals surface area contributed by atoms with Crippen LogP contribution in [-0.2, 0) is 13.6 Å². The van der Waals surface area contributed by atoms with Crippen molar-refractivity contribution in [2.75, 3.05) is 6.54 Å². The predicted molar refractivity (Wildman–Crippen MR) is 80.0 cm³/mol. The number of hydrogen-bond acceptors (Lipinski definition) is 3. The van der Waals surface area contributed by atoms with Crippen molar-refractivity contribution in [3.05, 3.63) is 15.9 Å². The molecule has 0 amide bonds. The lowest BCUT2D eigenvalue weighted by Gasteiger charge is -2.36. The van der Waals surface area contributed by atoms with Crippen LogP contribution < -0.4 is 0 Å². The lowest BCUT2D eigenvalue weighted by molar-refractivity contribution is 0.0799. The molecule has 1 N–H and O–H groups in total. The second kappa shape index (κ2) is 6.37. The average Bonchev–Trinajstić information content (AvgIpc) is 2.57. The fourth-order valence-corrected chi connectivity index (χ4v) is 3.43. The van der Waals surface area contributed by atoms with Crippen molar-refractivity contribution in [1.82, 2.24) is 14.7 Å². The Morgan fingerprint density at radius 3 is 2.79 bits per heavy atom. The minimum atomic E-state index is -0.220. The van der Waals surface area contributed by atoms with Crippen LogP contribution in [0.4, 0.5) is 0 Å². The summed E-state index contributed by atoms with van der Waals surface area (Å²) in [6.07, 6.45) is 4.38. The summed E-state index contributed by atoms with van der Waals surface area (Å²) in [7, 11) is 2.00. The van der Waals surface area contributed by atoms with E-state index in [0.717, 1.165) is 29.7 Å². The topological polar surface area (TPSA) is 41.3 Å². The number of likely N-dealkylation sites (tertiary alicyclic amines) is 1. The van der Waals surface area contributed by atoms with Crippen molar-refractivity contribution < 1.29 is 5.11 Å². The van der Waals surface area contributed by atoms with Crippen LogP contribution in [0.5, 0.6) is 0 Å². The van der Waals surface area contributed by atoms with E-state index in [0.29, 0.717) is 6.04 Å². The van der Waals surface area contributed by atoms with Gasteiger partial charge in [-0.05, 0) is 55.6 Å². The second-order valence-electron chi connectivity index (χ2n) is 5.67. The summed E-state index contributed by atoms with van der Waals surface area (Å²) in [4.78, 5) is 2.50. The molecule has 1 aliphatic heterocycles. The minimum absolute atomic E-state index is 0.220. The van der Waals surface area contributed by atoms with E-state index in [-0.39, 0.29) is 6.10 Å². The van der Waals surface area contributed by atoms with Crippen LogP contribution in [-0.4, -0.2) is 38.5 Å². The summed E-state index contributed by atoms with van der Waals surface area (Å²) < 4.78 is 3.09. The smallest absolute Gasteiger partial charge is 0.0739 e. The standard InChI is InChI=1S/C14H24BrN3O/c1-10(19)8-12-6-4-5-7-18(12)9-13-14(15)11(2)16-17(13)3/h10,12,19H,4-9H2,1-3H3. The molecule has 2 rings (SSSR count). The molecule has 1 aromatic rings. The maximum atomic E-state index is 9.65. The van der Waals surface area contributed by atoms with Crippen LogP contribution in [0.15, 0.2) is 4.47 Å². The Labute approximate surface area is 123 Å². The van der Waals surface area contributed by atoms with E-state index in [2.05, 4.69) is 25.9 Å². The number of piperidine rings is 1. The van der Waals surface area contributed by atoms with Gasteiger partial charge >= 0.3 is 0 Å². The highest BCUT2D eigenvalue weighted by atomic mass is 79.9. The number of nitrogens with zero attached hydrogens (tertiary/aromatic N) is 3. The Balaban J connectivity index is 2.10.